The fraction of sp³-hybridized carbons (Fsp3) is 0.0588. The summed E-state index contributed by atoms with van der Waals surface area (Å²) in [7, 11) is 0. The molecule has 0 aliphatic carbocycles. The number of hydrogen-bond donors (Lipinski definition) is 1. The Morgan fingerprint density at radius 3 is 2.62 bits per heavy atom. The van der Waals surface area contributed by atoms with Crippen LogP contribution in [0.25, 0.3) is 22.9 Å². The van der Waals surface area contributed by atoms with Crippen LogP contribution in [0.15, 0.2) is 57.7 Å². The Morgan fingerprint density at radius 1 is 1.14 bits per heavy atom. The second kappa shape index (κ2) is 5.25. The number of rotatable bonds is 2. The molecule has 0 unspecified atom stereocenters. The molecule has 3 rings (SSSR count). The second-order valence-corrected chi connectivity index (χ2v) is 4.75. The molecule has 3 aromatic rings. The predicted molar refractivity (Wildman–Crippen MR) is 82.0 cm³/mol. The zero-order valence-corrected chi connectivity index (χ0v) is 11.4. The van der Waals surface area contributed by atoms with Gasteiger partial charge in [-0.25, -0.2) is 9.78 Å². The van der Waals surface area contributed by atoms with Gasteiger partial charge in [0, 0.05) is 11.6 Å². The first kappa shape index (κ1) is 13.1. The van der Waals surface area contributed by atoms with Gasteiger partial charge in [0.1, 0.15) is 11.3 Å². The average molecular weight is 279 g/mol. The van der Waals surface area contributed by atoms with Gasteiger partial charge in [-0.15, -0.1) is 0 Å². The fourth-order valence-corrected chi connectivity index (χ4v) is 1.99. The van der Waals surface area contributed by atoms with E-state index in [-0.39, 0.29) is 11.5 Å². The molecule has 0 bridgehead atoms. The molecular formula is C17H13NO3. The smallest absolute Gasteiger partial charge is 0.362 e. The summed E-state index contributed by atoms with van der Waals surface area (Å²) in [5.74, 6) is -0.0231. The molecule has 0 saturated heterocycles. The van der Waals surface area contributed by atoms with Crippen LogP contribution in [-0.2, 0) is 0 Å². The van der Waals surface area contributed by atoms with Gasteiger partial charge in [-0.05, 0) is 19.1 Å². The number of aromatic nitrogens is 1. The van der Waals surface area contributed by atoms with Crippen LogP contribution in [0.2, 0.25) is 0 Å². The Bertz CT molecular complexity index is 876. The van der Waals surface area contributed by atoms with E-state index in [4.69, 9.17) is 4.42 Å². The minimum Gasteiger partial charge on any atom is -0.507 e. The van der Waals surface area contributed by atoms with Gasteiger partial charge in [-0.2, -0.15) is 0 Å². The normalized spacial score (nSPS) is 11.8. The highest BCUT2D eigenvalue weighted by atomic mass is 16.4. The van der Waals surface area contributed by atoms with Gasteiger partial charge in [0.25, 0.3) is 0 Å². The second-order valence-electron chi connectivity index (χ2n) is 4.75. The van der Waals surface area contributed by atoms with Crippen LogP contribution in [0.1, 0.15) is 16.8 Å². The van der Waals surface area contributed by atoms with Crippen molar-refractivity contribution < 1.29 is 9.52 Å². The number of benzene rings is 2. The number of hydrogen-bond acceptors (Lipinski definition) is 4. The van der Waals surface area contributed by atoms with E-state index in [2.05, 4.69) is 4.98 Å². The maximum atomic E-state index is 11.9. The van der Waals surface area contributed by atoms with Gasteiger partial charge in [-0.1, -0.05) is 42.0 Å². The first-order valence-corrected chi connectivity index (χ1v) is 6.51. The van der Waals surface area contributed by atoms with Gasteiger partial charge in [-0.3, -0.25) is 0 Å². The monoisotopic (exact) mass is 279 g/mol. The number of fused-ring (bicyclic) bond motifs is 1. The first-order chi connectivity index (χ1) is 10.1. The zero-order chi connectivity index (χ0) is 14.8. The van der Waals surface area contributed by atoms with Gasteiger partial charge in [0.15, 0.2) is 11.3 Å². The SMILES string of the molecule is Cc1ccc(/C(O)=C\c2nc3ccccc3oc2=O)cc1. The summed E-state index contributed by atoms with van der Waals surface area (Å²) in [6, 6.07) is 14.3. The van der Waals surface area contributed by atoms with Crippen molar-refractivity contribution in [3.05, 3.63) is 75.8 Å². The summed E-state index contributed by atoms with van der Waals surface area (Å²) >= 11 is 0. The van der Waals surface area contributed by atoms with Gasteiger partial charge >= 0.3 is 5.63 Å². The van der Waals surface area contributed by atoms with Crippen LogP contribution in [0, 0.1) is 6.92 Å². The number of nitrogens with zero attached hydrogens (tertiary/aromatic N) is 1. The van der Waals surface area contributed by atoms with Crippen LogP contribution in [0.4, 0.5) is 0 Å². The van der Waals surface area contributed by atoms with E-state index in [1.807, 2.05) is 25.1 Å². The molecule has 2 aromatic carbocycles. The van der Waals surface area contributed by atoms with Crippen molar-refractivity contribution in [3.8, 4) is 0 Å². The lowest BCUT2D eigenvalue weighted by molar-refractivity contribution is 0.514. The molecule has 0 radical (unpaired) electrons. The average Bonchev–Trinajstić information content (AvgIpc) is 2.48. The summed E-state index contributed by atoms with van der Waals surface area (Å²) in [4.78, 5) is 16.1. The number of aliphatic hydroxyl groups is 1. The van der Waals surface area contributed by atoms with Crippen molar-refractivity contribution in [3.63, 3.8) is 0 Å². The molecule has 0 saturated carbocycles. The molecule has 1 N–H and O–H groups in total. The molecule has 0 fully saturated rings. The minimum absolute atomic E-state index is 0.0231. The van der Waals surface area contributed by atoms with Crippen molar-refractivity contribution in [1.82, 2.24) is 4.98 Å². The van der Waals surface area contributed by atoms with Crippen molar-refractivity contribution in [1.29, 1.82) is 0 Å². The summed E-state index contributed by atoms with van der Waals surface area (Å²) in [5, 5.41) is 10.1. The van der Waals surface area contributed by atoms with Gasteiger partial charge in [0.2, 0.25) is 0 Å². The lowest BCUT2D eigenvalue weighted by Crippen LogP contribution is -2.06. The van der Waals surface area contributed by atoms with E-state index in [0.29, 0.717) is 16.7 Å². The third-order valence-corrected chi connectivity index (χ3v) is 3.14. The van der Waals surface area contributed by atoms with Crippen molar-refractivity contribution >= 4 is 22.9 Å². The quantitative estimate of drug-likeness (QED) is 0.729. The van der Waals surface area contributed by atoms with Crippen LogP contribution in [0.5, 0.6) is 0 Å². The number of para-hydroxylation sites is 2. The Hall–Kier alpha value is -2.88. The van der Waals surface area contributed by atoms with Crippen LogP contribution < -0.4 is 5.63 Å². The molecule has 1 heterocycles. The van der Waals surface area contributed by atoms with Crippen LogP contribution in [0.3, 0.4) is 0 Å². The van der Waals surface area contributed by atoms with Crippen molar-refractivity contribution in [2.75, 3.05) is 0 Å². The minimum atomic E-state index is -0.577. The Kier molecular flexibility index (Phi) is 3.28. The fourth-order valence-electron chi connectivity index (χ4n) is 1.99. The van der Waals surface area contributed by atoms with Crippen molar-refractivity contribution in [2.45, 2.75) is 6.92 Å². The predicted octanol–water partition coefficient (Wildman–Crippen LogP) is 3.55. The van der Waals surface area contributed by atoms with E-state index >= 15 is 0 Å². The van der Waals surface area contributed by atoms with E-state index in [1.54, 1.807) is 30.3 Å². The van der Waals surface area contributed by atoms with Crippen LogP contribution >= 0.6 is 0 Å². The van der Waals surface area contributed by atoms with E-state index < -0.39 is 5.63 Å². The highest BCUT2D eigenvalue weighted by molar-refractivity contribution is 5.78. The number of aliphatic hydroxyl groups excluding tert-OH is 1. The van der Waals surface area contributed by atoms with Crippen LogP contribution in [-0.4, -0.2) is 10.1 Å². The lowest BCUT2D eigenvalue weighted by atomic mass is 10.1. The standard InChI is InChI=1S/C17H13NO3/c1-11-6-8-12(9-7-11)15(19)10-14-17(20)21-16-5-3-2-4-13(16)18-14/h2-10,19H,1H3/b15-10+. The Labute approximate surface area is 121 Å². The molecule has 4 nitrogen and oxygen atoms in total. The molecule has 1 aromatic heterocycles. The summed E-state index contributed by atoms with van der Waals surface area (Å²) in [5.41, 5.74) is 2.21. The highest BCUT2D eigenvalue weighted by Crippen LogP contribution is 2.16. The maximum Gasteiger partial charge on any atom is 0.362 e. The molecule has 0 atom stereocenters. The first-order valence-electron chi connectivity index (χ1n) is 6.51. The summed E-state index contributed by atoms with van der Waals surface area (Å²) in [6.07, 6.45) is 1.32. The summed E-state index contributed by atoms with van der Waals surface area (Å²) in [6.45, 7) is 1.96. The Balaban J connectivity index is 2.07. The largest absolute Gasteiger partial charge is 0.507 e. The Morgan fingerprint density at radius 2 is 1.86 bits per heavy atom. The molecule has 0 aliphatic rings. The highest BCUT2D eigenvalue weighted by Gasteiger charge is 2.07. The molecule has 0 aliphatic heterocycles. The topological polar surface area (TPSA) is 63.3 Å². The third kappa shape index (κ3) is 2.69. The maximum absolute atomic E-state index is 11.9. The summed E-state index contributed by atoms with van der Waals surface area (Å²) < 4.78 is 5.17. The van der Waals surface area contributed by atoms with E-state index in [0.717, 1.165) is 5.56 Å². The van der Waals surface area contributed by atoms with E-state index in [9.17, 15) is 9.90 Å². The van der Waals surface area contributed by atoms with Gasteiger partial charge < -0.3 is 9.52 Å². The molecule has 0 amide bonds. The molecule has 104 valence electrons. The molecule has 0 spiro atoms. The molecular weight excluding hydrogens is 266 g/mol. The van der Waals surface area contributed by atoms with Gasteiger partial charge in [0.05, 0.1) is 0 Å². The lowest BCUT2D eigenvalue weighted by Gasteiger charge is -2.01. The number of aryl methyl sites for hydroxylation is 1. The molecule has 4 heteroatoms. The van der Waals surface area contributed by atoms with E-state index in [1.165, 1.54) is 6.08 Å². The third-order valence-electron chi connectivity index (χ3n) is 3.14. The van der Waals surface area contributed by atoms with Crippen molar-refractivity contribution in [2.24, 2.45) is 0 Å². The molecule has 21 heavy (non-hydrogen) atoms. The zero-order valence-electron chi connectivity index (χ0n) is 11.4.